The minimum absolute atomic E-state index is 0.598. The third kappa shape index (κ3) is 7.27. The summed E-state index contributed by atoms with van der Waals surface area (Å²) >= 11 is 0. The highest BCUT2D eigenvalue weighted by Gasteiger charge is 2.13. The SMILES string of the molecule is CN=C(NCCCOCC1CCOCC1)NCc1cccc(OC)c1OC. The number of aliphatic imine (C=N–C) groups is 1. The van der Waals surface area contributed by atoms with Crippen LogP contribution in [0.25, 0.3) is 0 Å². The number of para-hydroxylation sites is 1. The number of hydrogen-bond donors (Lipinski definition) is 2. The van der Waals surface area contributed by atoms with Crippen LogP contribution >= 0.6 is 0 Å². The molecule has 1 saturated heterocycles. The summed E-state index contributed by atoms with van der Waals surface area (Å²) in [6.07, 6.45) is 3.16. The Morgan fingerprint density at radius 3 is 2.70 bits per heavy atom. The molecule has 7 heteroatoms. The van der Waals surface area contributed by atoms with Gasteiger partial charge in [0.15, 0.2) is 17.5 Å². The molecule has 1 aromatic rings. The van der Waals surface area contributed by atoms with Crippen LogP contribution in [-0.2, 0) is 16.0 Å². The molecule has 0 atom stereocenters. The van der Waals surface area contributed by atoms with Crippen LogP contribution in [0, 0.1) is 5.92 Å². The van der Waals surface area contributed by atoms with Crippen LogP contribution < -0.4 is 20.1 Å². The van der Waals surface area contributed by atoms with E-state index in [2.05, 4.69) is 15.6 Å². The fraction of sp³-hybridized carbons (Fsp3) is 0.650. The van der Waals surface area contributed by atoms with E-state index in [1.807, 2.05) is 18.2 Å². The van der Waals surface area contributed by atoms with E-state index < -0.39 is 0 Å². The molecule has 0 bridgehead atoms. The highest BCUT2D eigenvalue weighted by molar-refractivity contribution is 5.79. The maximum Gasteiger partial charge on any atom is 0.191 e. The Morgan fingerprint density at radius 1 is 1.19 bits per heavy atom. The third-order valence-electron chi connectivity index (χ3n) is 4.61. The van der Waals surface area contributed by atoms with E-state index in [1.165, 1.54) is 0 Å². The van der Waals surface area contributed by atoms with Gasteiger partial charge in [-0.05, 0) is 31.2 Å². The number of nitrogens with one attached hydrogen (secondary N) is 2. The average molecular weight is 380 g/mol. The lowest BCUT2D eigenvalue weighted by atomic mass is 10.0. The van der Waals surface area contributed by atoms with Gasteiger partial charge in [0.1, 0.15) is 0 Å². The fourth-order valence-electron chi connectivity index (χ4n) is 3.04. The summed E-state index contributed by atoms with van der Waals surface area (Å²) < 4.78 is 21.9. The second-order valence-electron chi connectivity index (χ2n) is 6.49. The minimum atomic E-state index is 0.598. The molecule has 27 heavy (non-hydrogen) atoms. The van der Waals surface area contributed by atoms with Crippen molar-refractivity contribution in [1.29, 1.82) is 0 Å². The van der Waals surface area contributed by atoms with Gasteiger partial charge in [0.25, 0.3) is 0 Å². The van der Waals surface area contributed by atoms with E-state index in [0.717, 1.165) is 75.3 Å². The Morgan fingerprint density at radius 2 is 2.00 bits per heavy atom. The summed E-state index contributed by atoms with van der Waals surface area (Å²) in [6.45, 7) is 4.74. The molecule has 2 rings (SSSR count). The van der Waals surface area contributed by atoms with Gasteiger partial charge >= 0.3 is 0 Å². The van der Waals surface area contributed by atoms with Gasteiger partial charge in [-0.3, -0.25) is 4.99 Å². The summed E-state index contributed by atoms with van der Waals surface area (Å²) in [7, 11) is 5.05. The molecular formula is C20H33N3O4. The topological polar surface area (TPSA) is 73.3 Å². The molecule has 0 unspecified atom stereocenters. The Kier molecular flexibility index (Phi) is 9.79. The quantitative estimate of drug-likeness (QED) is 0.369. The standard InChI is InChI=1S/C20H33N3O4/c1-21-20(22-10-5-11-27-15-16-8-12-26-13-9-16)23-14-17-6-4-7-18(24-2)19(17)25-3/h4,6-7,16H,5,8-15H2,1-3H3,(H2,21,22,23). The molecule has 0 amide bonds. The molecule has 1 aliphatic rings. The van der Waals surface area contributed by atoms with Crippen LogP contribution in [0.3, 0.4) is 0 Å². The van der Waals surface area contributed by atoms with Gasteiger partial charge < -0.3 is 29.6 Å². The Labute approximate surface area is 162 Å². The summed E-state index contributed by atoms with van der Waals surface area (Å²) in [5.41, 5.74) is 1.01. The largest absolute Gasteiger partial charge is 0.493 e. The monoisotopic (exact) mass is 379 g/mol. The van der Waals surface area contributed by atoms with Crippen LogP contribution in [-0.4, -0.2) is 60.2 Å². The van der Waals surface area contributed by atoms with E-state index in [4.69, 9.17) is 18.9 Å². The minimum Gasteiger partial charge on any atom is -0.493 e. The number of benzene rings is 1. The van der Waals surface area contributed by atoms with Gasteiger partial charge in [-0.15, -0.1) is 0 Å². The first-order chi connectivity index (χ1) is 13.3. The predicted molar refractivity (Wildman–Crippen MR) is 107 cm³/mol. The summed E-state index contributed by atoms with van der Waals surface area (Å²) in [4.78, 5) is 4.26. The Balaban J connectivity index is 1.64. The van der Waals surface area contributed by atoms with Gasteiger partial charge in [0.2, 0.25) is 0 Å². The van der Waals surface area contributed by atoms with Crippen LogP contribution in [0.15, 0.2) is 23.2 Å². The van der Waals surface area contributed by atoms with E-state index in [1.54, 1.807) is 21.3 Å². The van der Waals surface area contributed by atoms with Gasteiger partial charge in [0.05, 0.1) is 14.2 Å². The molecule has 152 valence electrons. The van der Waals surface area contributed by atoms with Crippen molar-refractivity contribution in [3.05, 3.63) is 23.8 Å². The van der Waals surface area contributed by atoms with Crippen LogP contribution in [0.1, 0.15) is 24.8 Å². The molecule has 0 spiro atoms. The number of nitrogens with zero attached hydrogens (tertiary/aromatic N) is 1. The number of ether oxygens (including phenoxy) is 4. The van der Waals surface area contributed by atoms with Crippen molar-refractivity contribution in [1.82, 2.24) is 10.6 Å². The molecule has 1 fully saturated rings. The molecule has 1 aromatic carbocycles. The van der Waals surface area contributed by atoms with Crippen LogP contribution in [0.2, 0.25) is 0 Å². The molecule has 0 saturated carbocycles. The second-order valence-corrected chi connectivity index (χ2v) is 6.49. The maximum absolute atomic E-state index is 5.79. The molecule has 0 aromatic heterocycles. The number of rotatable bonds is 10. The third-order valence-corrected chi connectivity index (χ3v) is 4.61. The first-order valence-corrected chi connectivity index (χ1v) is 9.58. The normalized spacial score (nSPS) is 15.4. The van der Waals surface area contributed by atoms with E-state index in [0.29, 0.717) is 12.5 Å². The highest BCUT2D eigenvalue weighted by atomic mass is 16.5. The first-order valence-electron chi connectivity index (χ1n) is 9.58. The number of methoxy groups -OCH3 is 2. The van der Waals surface area contributed by atoms with Gasteiger partial charge in [-0.1, -0.05) is 12.1 Å². The van der Waals surface area contributed by atoms with Crippen molar-refractivity contribution in [2.75, 3.05) is 54.2 Å². The zero-order chi connectivity index (χ0) is 19.3. The molecule has 2 N–H and O–H groups in total. The summed E-state index contributed by atoms with van der Waals surface area (Å²) in [5, 5.41) is 6.61. The zero-order valence-corrected chi connectivity index (χ0v) is 16.8. The lowest BCUT2D eigenvalue weighted by molar-refractivity contribution is 0.0203. The second kappa shape index (κ2) is 12.4. The number of guanidine groups is 1. The van der Waals surface area contributed by atoms with Crippen LogP contribution in [0.5, 0.6) is 11.5 Å². The van der Waals surface area contributed by atoms with Gasteiger partial charge in [0, 0.05) is 52.1 Å². The van der Waals surface area contributed by atoms with Crippen molar-refractivity contribution < 1.29 is 18.9 Å². The Hall–Kier alpha value is -1.99. The van der Waals surface area contributed by atoms with Crippen molar-refractivity contribution in [2.45, 2.75) is 25.8 Å². The maximum atomic E-state index is 5.79. The van der Waals surface area contributed by atoms with Crippen molar-refractivity contribution in [2.24, 2.45) is 10.9 Å². The van der Waals surface area contributed by atoms with E-state index in [-0.39, 0.29) is 0 Å². The average Bonchev–Trinajstić information content (AvgIpc) is 2.73. The smallest absolute Gasteiger partial charge is 0.191 e. The first kappa shape index (κ1) is 21.3. The molecule has 1 heterocycles. The lowest BCUT2D eigenvalue weighted by Gasteiger charge is -2.21. The van der Waals surface area contributed by atoms with Crippen molar-refractivity contribution >= 4 is 5.96 Å². The number of hydrogen-bond acceptors (Lipinski definition) is 5. The zero-order valence-electron chi connectivity index (χ0n) is 16.8. The van der Waals surface area contributed by atoms with Crippen molar-refractivity contribution in [3.63, 3.8) is 0 Å². The van der Waals surface area contributed by atoms with E-state index >= 15 is 0 Å². The predicted octanol–water partition coefficient (Wildman–Crippen LogP) is 2.20. The van der Waals surface area contributed by atoms with Crippen LogP contribution in [0.4, 0.5) is 0 Å². The fourth-order valence-corrected chi connectivity index (χ4v) is 3.04. The summed E-state index contributed by atoms with van der Waals surface area (Å²) in [6, 6.07) is 5.84. The molecule has 1 aliphatic heterocycles. The highest BCUT2D eigenvalue weighted by Crippen LogP contribution is 2.30. The van der Waals surface area contributed by atoms with E-state index in [9.17, 15) is 0 Å². The van der Waals surface area contributed by atoms with Gasteiger partial charge in [-0.25, -0.2) is 0 Å². The van der Waals surface area contributed by atoms with Gasteiger partial charge in [-0.2, -0.15) is 0 Å². The molecular weight excluding hydrogens is 346 g/mol. The molecule has 7 nitrogen and oxygen atoms in total. The Bertz CT molecular complexity index is 574. The summed E-state index contributed by atoms with van der Waals surface area (Å²) in [5.74, 6) is 2.87. The lowest BCUT2D eigenvalue weighted by Crippen LogP contribution is -2.37. The molecule has 0 aliphatic carbocycles. The molecule has 0 radical (unpaired) electrons. The van der Waals surface area contributed by atoms with Crippen molar-refractivity contribution in [3.8, 4) is 11.5 Å².